The Morgan fingerprint density at radius 2 is 2.50 bits per heavy atom. The SMILES string of the molecule is CC1=NC(=O)C(C#N)C=C1. The Morgan fingerprint density at radius 1 is 1.80 bits per heavy atom. The smallest absolute Gasteiger partial charge is 0.267 e. The minimum atomic E-state index is -0.663. The Labute approximate surface area is 58.7 Å². The number of hydrogen-bond acceptors (Lipinski definition) is 2. The van der Waals surface area contributed by atoms with E-state index < -0.39 is 5.92 Å². The normalized spacial score (nSPS) is 23.8. The van der Waals surface area contributed by atoms with Crippen molar-refractivity contribution in [3.05, 3.63) is 12.2 Å². The molecule has 0 aliphatic carbocycles. The fourth-order valence-corrected chi connectivity index (χ4v) is 0.697. The van der Waals surface area contributed by atoms with Gasteiger partial charge in [-0.25, -0.2) is 4.99 Å². The van der Waals surface area contributed by atoms with Crippen LogP contribution in [-0.2, 0) is 4.79 Å². The van der Waals surface area contributed by atoms with Gasteiger partial charge in [-0.2, -0.15) is 5.26 Å². The van der Waals surface area contributed by atoms with Crippen LogP contribution in [0.1, 0.15) is 6.92 Å². The molecular weight excluding hydrogens is 128 g/mol. The van der Waals surface area contributed by atoms with Gasteiger partial charge in [-0.05, 0) is 13.0 Å². The number of nitrogens with zero attached hydrogens (tertiary/aromatic N) is 2. The Hall–Kier alpha value is -1.43. The fourth-order valence-electron chi connectivity index (χ4n) is 0.697. The van der Waals surface area contributed by atoms with Gasteiger partial charge in [0.1, 0.15) is 5.92 Å². The van der Waals surface area contributed by atoms with Crippen LogP contribution in [0.15, 0.2) is 17.1 Å². The number of carbonyl (C=O) groups excluding carboxylic acids is 1. The van der Waals surface area contributed by atoms with Crippen LogP contribution >= 0.6 is 0 Å². The van der Waals surface area contributed by atoms with Crippen molar-refractivity contribution in [1.82, 2.24) is 0 Å². The Bertz CT molecular complexity index is 257. The maximum Gasteiger partial charge on any atom is 0.267 e. The molecule has 1 unspecified atom stereocenters. The van der Waals surface area contributed by atoms with Crippen LogP contribution in [0.5, 0.6) is 0 Å². The molecule has 0 N–H and O–H groups in total. The third kappa shape index (κ3) is 1.11. The standard InChI is InChI=1S/C7H6N2O/c1-5-2-3-6(4-8)7(10)9-5/h2-3,6H,1H3. The van der Waals surface area contributed by atoms with Crippen LogP contribution in [0.25, 0.3) is 0 Å². The predicted octanol–water partition coefficient (Wildman–Crippen LogP) is 0.683. The van der Waals surface area contributed by atoms with Gasteiger partial charge in [-0.1, -0.05) is 6.08 Å². The summed E-state index contributed by atoms with van der Waals surface area (Å²) in [6.07, 6.45) is 3.24. The van der Waals surface area contributed by atoms with Crippen LogP contribution in [-0.4, -0.2) is 11.6 Å². The summed E-state index contributed by atoms with van der Waals surface area (Å²) in [5, 5.41) is 8.36. The van der Waals surface area contributed by atoms with Crippen LogP contribution in [0.2, 0.25) is 0 Å². The molecule has 3 heteroatoms. The molecule has 1 aliphatic rings. The molecule has 10 heavy (non-hydrogen) atoms. The van der Waals surface area contributed by atoms with Crippen molar-refractivity contribution in [3.8, 4) is 6.07 Å². The summed E-state index contributed by atoms with van der Waals surface area (Å²) in [4.78, 5) is 14.4. The molecule has 1 rings (SSSR count). The third-order valence-corrected chi connectivity index (χ3v) is 1.22. The van der Waals surface area contributed by atoms with E-state index in [2.05, 4.69) is 4.99 Å². The first-order valence-corrected chi connectivity index (χ1v) is 2.91. The molecule has 0 aromatic carbocycles. The highest BCUT2D eigenvalue weighted by molar-refractivity contribution is 6.05. The highest BCUT2D eigenvalue weighted by Crippen LogP contribution is 2.05. The number of hydrogen-bond donors (Lipinski definition) is 0. The highest BCUT2D eigenvalue weighted by Gasteiger charge is 2.16. The summed E-state index contributed by atoms with van der Waals surface area (Å²) in [7, 11) is 0. The van der Waals surface area contributed by atoms with Gasteiger partial charge >= 0.3 is 0 Å². The van der Waals surface area contributed by atoms with Crippen molar-refractivity contribution in [3.63, 3.8) is 0 Å². The number of nitriles is 1. The van der Waals surface area contributed by atoms with Crippen molar-refractivity contribution in [2.24, 2.45) is 10.9 Å². The van der Waals surface area contributed by atoms with E-state index in [9.17, 15) is 4.79 Å². The molecule has 0 aromatic heterocycles. The summed E-state index contributed by atoms with van der Waals surface area (Å²) in [5.41, 5.74) is 0.663. The van der Waals surface area contributed by atoms with Gasteiger partial charge in [-0.3, -0.25) is 4.79 Å². The average molecular weight is 134 g/mol. The summed E-state index contributed by atoms with van der Waals surface area (Å²) >= 11 is 0. The number of allylic oxidation sites excluding steroid dienone is 1. The summed E-state index contributed by atoms with van der Waals surface area (Å²) in [6.45, 7) is 1.72. The largest absolute Gasteiger partial charge is 0.271 e. The Morgan fingerprint density at radius 3 is 3.00 bits per heavy atom. The van der Waals surface area contributed by atoms with Gasteiger partial charge in [0, 0.05) is 5.71 Å². The molecule has 1 amide bonds. The first-order chi connectivity index (χ1) is 4.74. The summed E-state index contributed by atoms with van der Waals surface area (Å²) in [5.74, 6) is -1.02. The molecule has 0 saturated carbocycles. The van der Waals surface area contributed by atoms with E-state index in [1.807, 2.05) is 6.07 Å². The molecule has 0 radical (unpaired) electrons. The molecule has 0 aromatic rings. The quantitative estimate of drug-likeness (QED) is 0.489. The van der Waals surface area contributed by atoms with Gasteiger partial charge in [0.25, 0.3) is 5.91 Å². The number of amides is 1. The maximum atomic E-state index is 10.8. The first kappa shape index (κ1) is 6.69. The molecule has 0 spiro atoms. The second-order valence-electron chi connectivity index (χ2n) is 2.06. The zero-order chi connectivity index (χ0) is 7.56. The maximum absolute atomic E-state index is 10.8. The minimum Gasteiger partial charge on any atom is -0.271 e. The monoisotopic (exact) mass is 134 g/mol. The summed E-state index contributed by atoms with van der Waals surface area (Å²) < 4.78 is 0. The van der Waals surface area contributed by atoms with Crippen molar-refractivity contribution < 1.29 is 4.79 Å². The van der Waals surface area contributed by atoms with E-state index in [1.165, 1.54) is 0 Å². The van der Waals surface area contributed by atoms with Crippen molar-refractivity contribution >= 4 is 11.6 Å². The van der Waals surface area contributed by atoms with Crippen molar-refractivity contribution in [1.29, 1.82) is 5.26 Å². The van der Waals surface area contributed by atoms with Crippen LogP contribution in [0.3, 0.4) is 0 Å². The minimum absolute atomic E-state index is 0.359. The molecule has 1 atom stereocenters. The number of aliphatic imine (C=N–C) groups is 1. The first-order valence-electron chi connectivity index (χ1n) is 2.91. The molecule has 50 valence electrons. The molecule has 0 saturated heterocycles. The number of rotatable bonds is 0. The third-order valence-electron chi connectivity index (χ3n) is 1.22. The average Bonchev–Trinajstić information content (AvgIpc) is 1.88. The molecule has 1 aliphatic heterocycles. The summed E-state index contributed by atoms with van der Waals surface area (Å²) in [6, 6.07) is 1.83. The second-order valence-corrected chi connectivity index (χ2v) is 2.06. The lowest BCUT2D eigenvalue weighted by Gasteiger charge is -2.02. The highest BCUT2D eigenvalue weighted by atomic mass is 16.1. The molecule has 3 nitrogen and oxygen atoms in total. The van der Waals surface area contributed by atoms with Gasteiger partial charge < -0.3 is 0 Å². The van der Waals surface area contributed by atoms with E-state index in [4.69, 9.17) is 5.26 Å². The van der Waals surface area contributed by atoms with Crippen molar-refractivity contribution in [2.75, 3.05) is 0 Å². The zero-order valence-electron chi connectivity index (χ0n) is 5.53. The number of dihydropyridines is 1. The van der Waals surface area contributed by atoms with Crippen molar-refractivity contribution in [2.45, 2.75) is 6.92 Å². The van der Waals surface area contributed by atoms with E-state index in [0.29, 0.717) is 5.71 Å². The fraction of sp³-hybridized carbons (Fsp3) is 0.286. The van der Waals surface area contributed by atoms with E-state index in [-0.39, 0.29) is 5.91 Å². The molecule has 0 fully saturated rings. The van der Waals surface area contributed by atoms with Gasteiger partial charge in [0.05, 0.1) is 6.07 Å². The number of carbonyl (C=O) groups is 1. The van der Waals surface area contributed by atoms with Gasteiger partial charge in [-0.15, -0.1) is 0 Å². The van der Waals surface area contributed by atoms with Crippen LogP contribution in [0, 0.1) is 17.2 Å². The van der Waals surface area contributed by atoms with Gasteiger partial charge in [0.2, 0.25) is 0 Å². The second kappa shape index (κ2) is 2.44. The van der Waals surface area contributed by atoms with E-state index in [0.717, 1.165) is 0 Å². The van der Waals surface area contributed by atoms with Gasteiger partial charge in [0.15, 0.2) is 0 Å². The van der Waals surface area contributed by atoms with E-state index in [1.54, 1.807) is 19.1 Å². The lowest BCUT2D eigenvalue weighted by atomic mass is 10.1. The zero-order valence-corrected chi connectivity index (χ0v) is 5.53. The lowest BCUT2D eigenvalue weighted by molar-refractivity contribution is -0.118. The molecular formula is C7H6N2O. The molecule has 0 bridgehead atoms. The lowest BCUT2D eigenvalue weighted by Crippen LogP contribution is -2.13. The van der Waals surface area contributed by atoms with Crippen LogP contribution in [0.4, 0.5) is 0 Å². The topological polar surface area (TPSA) is 53.2 Å². The Kier molecular flexibility index (Phi) is 1.63. The molecule has 1 heterocycles. The predicted molar refractivity (Wildman–Crippen MR) is 36.4 cm³/mol. The Balaban J connectivity index is 2.87. The van der Waals surface area contributed by atoms with E-state index >= 15 is 0 Å². The van der Waals surface area contributed by atoms with Crippen LogP contribution < -0.4 is 0 Å².